The van der Waals surface area contributed by atoms with E-state index < -0.39 is 150 Å². The summed E-state index contributed by atoms with van der Waals surface area (Å²) in [6.45, 7) is -11.6. The number of amides is 1. The van der Waals surface area contributed by atoms with Crippen LogP contribution >= 0.6 is 27.0 Å². The molecule has 33 nitrogen and oxygen atoms in total. The van der Waals surface area contributed by atoms with Gasteiger partial charge in [0, 0.05) is 65.5 Å². The molecule has 10 N–H and O–H groups in total. The van der Waals surface area contributed by atoms with Gasteiger partial charge >= 0.3 is 0 Å². The van der Waals surface area contributed by atoms with Gasteiger partial charge in [-0.1, -0.05) is 75.0 Å². The van der Waals surface area contributed by atoms with Crippen LogP contribution < -0.4 is 20.0 Å². The third-order valence-electron chi connectivity index (χ3n) is 15.4. The molecule has 1 amide bonds. The third kappa shape index (κ3) is 37.8. The Morgan fingerprint density at radius 3 is 1.13 bits per heavy atom. The lowest BCUT2D eigenvalue weighted by atomic mass is 9.92. The molecule has 41 heteroatoms. The van der Waals surface area contributed by atoms with Gasteiger partial charge in [0.15, 0.2) is 25.7 Å². The maximum absolute atomic E-state index is 13.1. The molecule has 3 rings (SSSR count). The zero-order valence-corrected chi connectivity index (χ0v) is 62.6. The molecule has 11 unspecified atom stereocenters. The summed E-state index contributed by atoms with van der Waals surface area (Å²) in [6.07, 6.45) is -6.73. The van der Waals surface area contributed by atoms with E-state index >= 15 is 0 Å². The Morgan fingerprint density at radius 1 is 0.443 bits per heavy atom. The van der Waals surface area contributed by atoms with Gasteiger partial charge in [0.25, 0.3) is 0 Å². The lowest BCUT2D eigenvalue weighted by Gasteiger charge is -2.42. The predicted molar refractivity (Wildman–Crippen MR) is 354 cm³/mol. The summed E-state index contributed by atoms with van der Waals surface area (Å²) in [7, 11) is 1.24. The van der Waals surface area contributed by atoms with Crippen LogP contribution in [0.1, 0.15) is 111 Å². The molecule has 0 aliphatic carbocycles. The summed E-state index contributed by atoms with van der Waals surface area (Å²) in [6, 6.07) is -1.11. The zero-order chi connectivity index (χ0) is 71.9. The van der Waals surface area contributed by atoms with E-state index in [9.17, 15) is 70.0 Å². The van der Waals surface area contributed by atoms with Crippen LogP contribution in [0.3, 0.4) is 0 Å². The SMILES string of the molecule is COP([O-])(=S)OCCCCCCCCOCC(COCCCOP(=O)([S-])OCCCCO[C@@H]1OC(CO)[C@H](O)[C@H](O)C1C)(COCCCOP([O-])(=S)OCCCCO[C@@H]1OC(CO)[C@H](O)[C@H](O)C1NC(C)=O)COCCCOP([O-])(=S)OCCCO[C@@H]1OC(CO)[C@H](O)[C@H](O)C1C. The maximum Gasteiger partial charge on any atom is 0.217 e. The normalized spacial score (nSPS) is 29.5. The van der Waals surface area contributed by atoms with E-state index in [1.54, 1.807) is 13.8 Å². The smallest absolute Gasteiger partial charge is 0.217 e. The summed E-state index contributed by atoms with van der Waals surface area (Å²) < 4.78 is 114. The first kappa shape index (κ1) is 92.0. The van der Waals surface area contributed by atoms with Crippen LogP contribution in [0.4, 0.5) is 0 Å². The molecule has 576 valence electrons. The van der Waals surface area contributed by atoms with Crippen LogP contribution in [0, 0.1) is 17.3 Å². The number of unbranched alkanes of at least 4 members (excludes halogenated alkanes) is 7. The molecule has 0 aromatic heterocycles. The first-order chi connectivity index (χ1) is 46.1. The molecule has 0 bridgehead atoms. The number of aliphatic hydroxyl groups excluding tert-OH is 9. The van der Waals surface area contributed by atoms with Crippen molar-refractivity contribution in [2.75, 3.05) is 146 Å². The largest absolute Gasteiger partial charge is 0.780 e. The molecule has 0 aromatic rings. The number of nitrogens with one attached hydrogen (secondary N) is 1. The average molecular weight is 1560 g/mol. The van der Waals surface area contributed by atoms with Crippen LogP contribution in [-0.4, -0.2) is 278 Å². The van der Waals surface area contributed by atoms with Crippen LogP contribution in [0.25, 0.3) is 0 Å². The predicted octanol–water partition coefficient (Wildman–Crippen LogP) is -0.184. The highest BCUT2D eigenvalue weighted by Crippen LogP contribution is 2.46. The Kier molecular flexibility index (Phi) is 47.8. The van der Waals surface area contributed by atoms with E-state index in [2.05, 4.69) is 5.32 Å². The standard InChI is InChI=1S/C56H111NO32P4S4/c1-40-47(62)49(64)43(33-58)87-53(40)77-23-11-13-27-81-91(69,95)83-29-15-20-74-37-56(36-73-19-9-7-5-6-8-10-26-80-90(68,94)72-4,39-76-22-17-31-85-93(71,97)86-32-18-25-78-54-41(2)48(63)50(65)44(34-59)88-54)38-75-21-16-30-84-92(70,96)82-28-14-12-24-79-55-46(57-42(3)61)52(67)51(66)45(35-60)89-55/h40-41,43-55,58-60,62-67H,5-39H2,1-4H3,(H,57,61)(H,68,94)(H,69,95)(H,70,96)(H,71,97)/p-4/t40?,41?,43?,44?,45?,46?,47-,48-,49+,50+,51+,52-,53-,54-,55-,56?,90?,91?,92?,93?/m1/s1. The van der Waals surface area contributed by atoms with Crippen molar-refractivity contribution in [3.05, 3.63) is 0 Å². The molecule has 3 fully saturated rings. The van der Waals surface area contributed by atoms with Gasteiger partial charge in [-0.05, 0) is 64.2 Å². The van der Waals surface area contributed by atoms with E-state index in [-0.39, 0.29) is 138 Å². The molecule has 0 saturated carbocycles. The van der Waals surface area contributed by atoms with Crippen molar-refractivity contribution in [2.45, 2.75) is 191 Å². The number of ether oxygens (including phenoxy) is 10. The van der Waals surface area contributed by atoms with Crippen LogP contribution in [0.5, 0.6) is 0 Å². The number of carbonyl (C=O) groups excluding carboxylic acids is 1. The van der Waals surface area contributed by atoms with E-state index in [0.717, 1.165) is 25.7 Å². The first-order valence-electron chi connectivity index (χ1n) is 32.7. The van der Waals surface area contributed by atoms with Gasteiger partial charge in [-0.2, -0.15) is 0 Å². The topological polar surface area (TPSA) is 464 Å². The van der Waals surface area contributed by atoms with Gasteiger partial charge in [-0.15, -0.1) is 0 Å². The number of carbonyl (C=O) groups is 1. The molecule has 0 aromatic carbocycles. The Balaban J connectivity index is 1.58. The highest BCUT2D eigenvalue weighted by atomic mass is 32.7. The quantitative estimate of drug-likeness (QED) is 0.0214. The molecule has 20 atom stereocenters. The third-order valence-corrected chi connectivity index (χ3v) is 22.0. The van der Waals surface area contributed by atoms with Gasteiger partial charge in [0.2, 0.25) is 5.91 Å². The fourth-order valence-electron chi connectivity index (χ4n) is 9.80. The van der Waals surface area contributed by atoms with Gasteiger partial charge in [0.05, 0.1) is 117 Å². The number of rotatable bonds is 58. The molecular weight excluding hydrogens is 1450 g/mol. The summed E-state index contributed by atoms with van der Waals surface area (Å²) >= 11 is 20.1. The molecule has 3 aliphatic rings. The van der Waals surface area contributed by atoms with Crippen molar-refractivity contribution in [1.82, 2.24) is 5.32 Å². The van der Waals surface area contributed by atoms with E-state index in [1.165, 1.54) is 14.0 Å². The lowest BCUT2D eigenvalue weighted by Crippen LogP contribution is -2.64. The Hall–Kier alpha value is 0.800. The first-order valence-corrected chi connectivity index (χ1v) is 42.9. The van der Waals surface area contributed by atoms with Crippen molar-refractivity contribution in [1.29, 1.82) is 0 Å². The fraction of sp³-hybridized carbons (Fsp3) is 0.982. The van der Waals surface area contributed by atoms with Gasteiger partial charge < -0.3 is 162 Å². The fourth-order valence-corrected chi connectivity index (χ4v) is 14.2. The van der Waals surface area contributed by atoms with Crippen molar-refractivity contribution in [3.63, 3.8) is 0 Å². The molecule has 0 radical (unpaired) electrons. The Bertz CT molecular complexity index is 2290. The van der Waals surface area contributed by atoms with Crippen LogP contribution in [-0.2, 0) is 141 Å². The van der Waals surface area contributed by atoms with E-state index in [0.29, 0.717) is 45.1 Å². The van der Waals surface area contributed by atoms with Gasteiger partial charge in [-0.25, -0.2) is 0 Å². The molecule has 3 aliphatic heterocycles. The van der Waals surface area contributed by atoms with Crippen LogP contribution in [0.2, 0.25) is 0 Å². The van der Waals surface area contributed by atoms with Crippen molar-refractivity contribution in [3.8, 4) is 0 Å². The molecule has 3 heterocycles. The summed E-state index contributed by atoms with van der Waals surface area (Å²) in [5.41, 5.74) is -0.969. The molecule has 3 saturated heterocycles. The minimum atomic E-state index is -3.96. The minimum absolute atomic E-state index is 0.00778. The second-order valence-corrected chi connectivity index (χ2v) is 34.8. The average Bonchev–Trinajstić information content (AvgIpc) is 0.832. The highest BCUT2D eigenvalue weighted by Gasteiger charge is 2.46. The molecule has 97 heavy (non-hydrogen) atoms. The Labute approximate surface area is 590 Å². The number of aliphatic hydroxyl groups is 9. The summed E-state index contributed by atoms with van der Waals surface area (Å²) in [5, 5.41) is 92.7. The Morgan fingerprint density at radius 2 is 0.732 bits per heavy atom. The maximum atomic E-state index is 13.1. The van der Waals surface area contributed by atoms with E-state index in [4.69, 9.17) is 131 Å². The van der Waals surface area contributed by atoms with E-state index in [1.807, 2.05) is 0 Å². The van der Waals surface area contributed by atoms with Gasteiger partial charge in [-0.3, -0.25) is 9.36 Å². The van der Waals surface area contributed by atoms with Crippen LogP contribution in [0.15, 0.2) is 0 Å². The van der Waals surface area contributed by atoms with Crippen molar-refractivity contribution in [2.24, 2.45) is 17.3 Å². The number of hydrogen-bond acceptors (Lipinski definition) is 36. The summed E-state index contributed by atoms with van der Waals surface area (Å²) in [5.74, 6) is -1.66. The minimum Gasteiger partial charge on any atom is -0.780 e. The second kappa shape index (κ2) is 50.4. The lowest BCUT2D eigenvalue weighted by molar-refractivity contribution is -0.282. The van der Waals surface area contributed by atoms with Crippen molar-refractivity contribution >= 4 is 80.5 Å². The number of hydrogen-bond donors (Lipinski definition) is 10. The second-order valence-electron chi connectivity index (χ2n) is 23.6. The molecule has 0 spiro atoms. The van der Waals surface area contributed by atoms with Gasteiger partial charge in [0.1, 0.15) is 68.9 Å². The zero-order valence-electron chi connectivity index (χ0n) is 55.7. The molecular formula is C56H107NO32P4S4-4. The summed E-state index contributed by atoms with van der Waals surface area (Å²) in [4.78, 5) is 49.7. The van der Waals surface area contributed by atoms with Crippen molar-refractivity contribution < 1.29 is 154 Å². The monoisotopic (exact) mass is 1560 g/mol. The highest BCUT2D eigenvalue weighted by molar-refractivity contribution is 8.32.